The lowest BCUT2D eigenvalue weighted by Gasteiger charge is -2.46. The summed E-state index contributed by atoms with van der Waals surface area (Å²) < 4.78 is 381. The second kappa shape index (κ2) is 29.5. The summed E-state index contributed by atoms with van der Waals surface area (Å²) in [6.45, 7) is 41.4. The lowest BCUT2D eigenvalue weighted by Crippen LogP contribution is -2.61. The summed E-state index contributed by atoms with van der Waals surface area (Å²) in [4.78, 5) is 2.81. The summed E-state index contributed by atoms with van der Waals surface area (Å²) in [5, 5.41) is -0.371. The van der Waals surface area contributed by atoms with Gasteiger partial charge >= 0.3 is 0 Å². The van der Waals surface area contributed by atoms with Gasteiger partial charge < -0.3 is 23.5 Å². The molecule has 3 aromatic heterocycles. The van der Waals surface area contributed by atoms with Crippen molar-refractivity contribution in [1.29, 1.82) is 0 Å². The first-order valence-corrected chi connectivity index (χ1v) is 43.6. The van der Waals surface area contributed by atoms with Crippen LogP contribution in [0.2, 0.25) is 0 Å². The van der Waals surface area contributed by atoms with Crippen LogP contribution in [0.4, 0.5) is 34.1 Å². The van der Waals surface area contributed by atoms with Gasteiger partial charge in [-0.25, -0.2) is 0 Å². The van der Waals surface area contributed by atoms with E-state index in [1.54, 1.807) is 149 Å². The van der Waals surface area contributed by atoms with Crippen LogP contribution in [0, 0.1) is 0 Å². The highest BCUT2D eigenvalue weighted by Gasteiger charge is 2.47. The molecule has 0 amide bonds. The molecule has 0 N–H and O–H groups in total. The maximum Gasteiger partial charge on any atom is 0.252 e. The van der Waals surface area contributed by atoms with Gasteiger partial charge in [-0.2, -0.15) is 0 Å². The van der Waals surface area contributed by atoms with E-state index in [0.717, 1.165) is 26.5 Å². The zero-order valence-electron chi connectivity index (χ0n) is 113. The number of benzene rings is 15. The molecule has 0 atom stereocenters. The van der Waals surface area contributed by atoms with E-state index in [0.29, 0.717) is 11.0 Å². The molecule has 0 saturated carbocycles. The number of anilines is 6. The standard InChI is InChI=1S/C122H122BN5/c1-115(2,3)77-51-47-75(48-52-77)86-39-33-41-94(88-61-55-81(119(13,14)15)69-98(88)121(19,20)21)113(86)127-108-71-83(124-102-43-29-25-35-90(102)91-36-26-30-44-103(91)124)59-63-100(108)123-101-64-60-84(125-106-65-57-79(117(7,8)9)67-96(106)97-68-80(118(10,11)12)58-66-107(97)125)72-109(101)128(111-74-85(73-110(127)112(111)123)126-104-45-31-27-37-92(104)93-38-28-32-46-105(93)126)114-87(76-49-53-78(54-50-76)116(4,5)6)40-34-42-95(114)89-62-56-82(120(16,17)18)70-99(89)122(22,23)24/h25-74H,1-24H3/i25D,26D,27D,28D,29D,30D,31D,32D,33D,34D,35D,36D,37D,38D,39D,40D,41D,42D,43D,44D,45D,46D,47D,48D,49D,50D,51D,52D,53D,54D,55D,56D,61D,62D,69D,70D. The van der Waals surface area contributed by atoms with Crippen molar-refractivity contribution in [3.8, 4) is 61.6 Å². The predicted molar refractivity (Wildman–Crippen MR) is 555 cm³/mol. The van der Waals surface area contributed by atoms with Gasteiger partial charge in [0.05, 0.1) is 99.5 Å². The zero-order chi connectivity index (χ0) is 121. The van der Waals surface area contributed by atoms with Crippen LogP contribution in [0.3, 0.4) is 0 Å². The molecule has 0 spiro atoms. The van der Waals surface area contributed by atoms with Crippen molar-refractivity contribution in [3.63, 3.8) is 0 Å². The number of hydrogen-bond donors (Lipinski definition) is 0. The molecule has 128 heavy (non-hydrogen) atoms. The van der Waals surface area contributed by atoms with E-state index >= 15 is 0 Å². The van der Waals surface area contributed by atoms with Crippen molar-refractivity contribution >= 4 is 123 Å². The molecule has 638 valence electrons. The van der Waals surface area contributed by atoms with Crippen molar-refractivity contribution < 1.29 is 49.3 Å². The third kappa shape index (κ3) is 13.9. The van der Waals surface area contributed by atoms with Gasteiger partial charge in [0.2, 0.25) is 0 Å². The van der Waals surface area contributed by atoms with Crippen LogP contribution in [-0.2, 0) is 43.3 Å². The molecule has 5 nitrogen and oxygen atoms in total. The van der Waals surface area contributed by atoms with E-state index in [1.807, 2.05) is 28.8 Å². The van der Waals surface area contributed by atoms with E-state index < -0.39 is 366 Å². The number of hydrogen-bond acceptors (Lipinski definition) is 2. The SMILES string of the molecule is [2H]c1c([2H])c(-c2c([2H])c([2H])c(C(C)(C)C)c([2H])c2[2H])c(N2c3cc(-n4c5ccc(C(C)(C)C)cc5c5cc(C(C)(C)C)ccc54)ccc3B3c4ccc(-n5c6c([2H])c([2H])c([2H])c([2H])c6c6c([2H])c([2H])c([2H])c([2H])c65)cc4N(c4c(-c5c([2H])c([2H])c(C(C)(C)C)c([2H])c5[2H])c([2H])c([2H])c([2H])c4-c4c([2H])c([2H])c(C(C)(C)C)c([2H])c4C(C)(C)C)c4cc(-n5c6c([2H])c([2H])c([2H])c([2H])c6c6c([2H])c([2H])c([2H])c([2H])c65)cc2c43)c(-c2c([2H])c([2H])c(C(C)(C)C)c([2H])c2C(C)(C)C)c1[2H]. The molecular weight excluding hydrogens is 1550 g/mol. The third-order valence-corrected chi connectivity index (χ3v) is 24.9. The topological polar surface area (TPSA) is 21.3 Å². The van der Waals surface area contributed by atoms with Gasteiger partial charge in [0.15, 0.2) is 0 Å². The van der Waals surface area contributed by atoms with E-state index in [4.69, 9.17) is 0 Å². The lowest BCUT2D eigenvalue weighted by molar-refractivity contribution is 0.569. The molecule has 0 saturated heterocycles. The molecule has 2 aliphatic rings. The van der Waals surface area contributed by atoms with Crippen LogP contribution >= 0.6 is 0 Å². The Hall–Kier alpha value is -12.6. The fourth-order valence-electron chi connectivity index (χ4n) is 18.1. The van der Waals surface area contributed by atoms with Crippen molar-refractivity contribution in [3.05, 3.63) is 347 Å². The van der Waals surface area contributed by atoms with E-state index in [1.165, 1.54) is 38.6 Å². The monoisotopic (exact) mass is 1700 g/mol. The fraction of sp³-hybridized carbons (Fsp3) is 0.262. The van der Waals surface area contributed by atoms with E-state index in [-0.39, 0.29) is 90.3 Å². The van der Waals surface area contributed by atoms with Crippen LogP contribution in [0.25, 0.3) is 127 Å². The Morgan fingerprint density at radius 1 is 0.227 bits per heavy atom. The normalized spacial score (nSPS) is 17.5. The maximum absolute atomic E-state index is 11.4. The average molecular weight is 1710 g/mol. The summed E-state index contributed by atoms with van der Waals surface area (Å²) >= 11 is 0. The Labute approximate surface area is 810 Å². The average Bonchev–Trinajstić information content (AvgIpc) is 0.878. The highest BCUT2D eigenvalue weighted by atomic mass is 15.2. The number of rotatable bonds is 9. The Morgan fingerprint density at radius 3 is 0.867 bits per heavy atom. The van der Waals surface area contributed by atoms with Crippen molar-refractivity contribution in [1.82, 2.24) is 13.7 Å². The number of aromatic nitrogens is 3. The third-order valence-electron chi connectivity index (χ3n) is 24.9. The largest absolute Gasteiger partial charge is 0.310 e. The van der Waals surface area contributed by atoms with Gasteiger partial charge in [-0.05, 0) is 211 Å². The molecule has 15 aromatic carbocycles. The summed E-state index contributed by atoms with van der Waals surface area (Å²) in [7, 11) is 0. The summed E-state index contributed by atoms with van der Waals surface area (Å²) in [5.74, 6) is 0. The Balaban J connectivity index is 1.17. The lowest BCUT2D eigenvalue weighted by atomic mass is 9.33. The molecule has 0 unspecified atom stereocenters. The van der Waals surface area contributed by atoms with Crippen molar-refractivity contribution in [2.75, 3.05) is 9.80 Å². The maximum atomic E-state index is 11.4. The van der Waals surface area contributed by atoms with Crippen LogP contribution in [0.5, 0.6) is 0 Å². The summed E-state index contributed by atoms with van der Waals surface area (Å²) in [5.41, 5.74) is -16.4. The summed E-state index contributed by atoms with van der Waals surface area (Å²) in [6, 6.07) is -4.45. The first-order valence-electron chi connectivity index (χ1n) is 61.6. The number of fused-ring (bicyclic) bond motifs is 13. The minimum atomic E-state index is -1.66. The zero-order valence-corrected chi connectivity index (χ0v) is 76.9. The first-order chi connectivity index (χ1) is 75.6. The second-order valence-corrected chi connectivity index (χ2v) is 42.3. The van der Waals surface area contributed by atoms with Crippen molar-refractivity contribution in [2.45, 2.75) is 209 Å². The molecule has 0 aliphatic carbocycles. The molecule has 6 heteroatoms. The van der Waals surface area contributed by atoms with Crippen LogP contribution in [0.1, 0.15) is 260 Å². The van der Waals surface area contributed by atoms with Gasteiger partial charge in [-0.3, -0.25) is 0 Å². The molecule has 18 aromatic rings. The summed E-state index contributed by atoms with van der Waals surface area (Å²) in [6.07, 6.45) is 0. The van der Waals surface area contributed by atoms with Gasteiger partial charge in [-0.1, -0.05) is 384 Å². The van der Waals surface area contributed by atoms with Crippen LogP contribution < -0.4 is 26.2 Å². The highest BCUT2D eigenvalue weighted by Crippen LogP contribution is 2.57. The smallest absolute Gasteiger partial charge is 0.252 e. The first kappa shape index (κ1) is 52.0. The molecule has 0 bridgehead atoms. The Morgan fingerprint density at radius 2 is 0.531 bits per heavy atom. The van der Waals surface area contributed by atoms with E-state index in [2.05, 4.69) is 53.7 Å². The second-order valence-electron chi connectivity index (χ2n) is 42.3. The minimum absolute atomic E-state index is 0.00410. The van der Waals surface area contributed by atoms with Gasteiger partial charge in [-0.15, -0.1) is 0 Å². The Bertz CT molecular complexity index is 9600. The predicted octanol–water partition coefficient (Wildman–Crippen LogP) is 32.1. The number of para-hydroxylation sites is 6. The molecule has 5 heterocycles. The number of nitrogens with zero attached hydrogens (tertiary/aromatic N) is 5. The van der Waals surface area contributed by atoms with Crippen LogP contribution in [-0.4, -0.2) is 20.4 Å². The van der Waals surface area contributed by atoms with Gasteiger partial charge in [0, 0.05) is 88.7 Å². The highest BCUT2D eigenvalue weighted by molar-refractivity contribution is 7.00. The molecule has 20 rings (SSSR count). The molecular formula is C122H122BN5. The minimum Gasteiger partial charge on any atom is -0.310 e. The van der Waals surface area contributed by atoms with Crippen LogP contribution in [0.15, 0.2) is 302 Å². The van der Waals surface area contributed by atoms with Gasteiger partial charge in [0.25, 0.3) is 6.71 Å². The van der Waals surface area contributed by atoms with E-state index in [9.17, 15) is 49.3 Å². The molecule has 2 aliphatic heterocycles. The van der Waals surface area contributed by atoms with Crippen molar-refractivity contribution in [2.24, 2.45) is 0 Å². The molecule has 0 radical (unpaired) electrons. The quantitative estimate of drug-likeness (QED) is 0.134. The van der Waals surface area contributed by atoms with Gasteiger partial charge in [0.1, 0.15) is 0 Å². The molecule has 0 fully saturated rings. The Kier molecular flexibility index (Phi) is 12.0. The fourth-order valence-corrected chi connectivity index (χ4v) is 18.1.